The van der Waals surface area contributed by atoms with Gasteiger partial charge in [0.15, 0.2) is 0 Å². The summed E-state index contributed by atoms with van der Waals surface area (Å²) in [6.45, 7) is 3.12. The summed E-state index contributed by atoms with van der Waals surface area (Å²) in [5, 5.41) is 0. The lowest BCUT2D eigenvalue weighted by Crippen LogP contribution is -1.97. The van der Waals surface area contributed by atoms with Crippen LogP contribution in [0.25, 0.3) is 0 Å². The fourth-order valence-corrected chi connectivity index (χ4v) is 1.46. The second-order valence-electron chi connectivity index (χ2n) is 3.28. The van der Waals surface area contributed by atoms with Crippen LogP contribution in [0.2, 0.25) is 0 Å². The van der Waals surface area contributed by atoms with Crippen LogP contribution >= 0.6 is 0 Å². The third-order valence-corrected chi connectivity index (χ3v) is 2.28. The highest BCUT2D eigenvalue weighted by molar-refractivity contribution is 5.25. The van der Waals surface area contributed by atoms with E-state index in [0.717, 1.165) is 6.54 Å². The predicted octanol–water partition coefficient (Wildman–Crippen LogP) is 2.84. The van der Waals surface area contributed by atoms with Crippen molar-refractivity contribution >= 4 is 0 Å². The van der Waals surface area contributed by atoms with E-state index in [0.29, 0.717) is 0 Å². The van der Waals surface area contributed by atoms with E-state index in [1.54, 1.807) is 0 Å². The van der Waals surface area contributed by atoms with Crippen LogP contribution in [0.15, 0.2) is 48.8 Å². The predicted molar refractivity (Wildman–Crippen MR) is 54.7 cm³/mol. The van der Waals surface area contributed by atoms with Gasteiger partial charge in [-0.3, -0.25) is 0 Å². The molecule has 1 aromatic carbocycles. The van der Waals surface area contributed by atoms with Crippen LogP contribution in [0.3, 0.4) is 0 Å². The maximum atomic E-state index is 2.18. The number of benzene rings is 1. The molecule has 0 saturated carbocycles. The second kappa shape index (κ2) is 3.48. The third kappa shape index (κ3) is 1.81. The van der Waals surface area contributed by atoms with Gasteiger partial charge in [-0.05, 0) is 30.2 Å². The largest absolute Gasteiger partial charge is 0.350 e. The van der Waals surface area contributed by atoms with E-state index >= 15 is 0 Å². The van der Waals surface area contributed by atoms with Crippen molar-refractivity contribution in [2.75, 3.05) is 0 Å². The third-order valence-electron chi connectivity index (χ3n) is 2.28. The first-order valence-corrected chi connectivity index (χ1v) is 4.51. The zero-order valence-electron chi connectivity index (χ0n) is 7.77. The first kappa shape index (κ1) is 8.11. The number of hydrogen-bond acceptors (Lipinski definition) is 0. The number of rotatable bonds is 2. The standard InChI is InChI=1S/C12H13N/c1-11-6-2-3-7-12(11)10-13-8-4-5-9-13/h2-9H,10H2,1H3. The molecule has 0 saturated heterocycles. The Morgan fingerprint density at radius 3 is 2.38 bits per heavy atom. The summed E-state index contributed by atoms with van der Waals surface area (Å²) in [6, 6.07) is 12.6. The van der Waals surface area contributed by atoms with Gasteiger partial charge in [-0.25, -0.2) is 0 Å². The molecule has 0 spiro atoms. The van der Waals surface area contributed by atoms with Crippen LogP contribution in [0.1, 0.15) is 11.1 Å². The molecule has 1 heterocycles. The number of hydrogen-bond donors (Lipinski definition) is 0. The fourth-order valence-electron chi connectivity index (χ4n) is 1.46. The van der Waals surface area contributed by atoms with Crippen LogP contribution in [0.5, 0.6) is 0 Å². The summed E-state index contributed by atoms with van der Waals surface area (Å²) >= 11 is 0. The molecule has 0 aliphatic heterocycles. The van der Waals surface area contributed by atoms with E-state index in [1.165, 1.54) is 11.1 Å². The van der Waals surface area contributed by atoms with Gasteiger partial charge >= 0.3 is 0 Å². The Labute approximate surface area is 78.6 Å². The van der Waals surface area contributed by atoms with Crippen molar-refractivity contribution in [1.82, 2.24) is 4.57 Å². The molecule has 13 heavy (non-hydrogen) atoms. The van der Waals surface area contributed by atoms with Crippen molar-refractivity contribution in [3.8, 4) is 0 Å². The maximum absolute atomic E-state index is 2.18. The van der Waals surface area contributed by atoms with Gasteiger partial charge in [0.05, 0.1) is 0 Å². The number of aryl methyl sites for hydroxylation is 1. The lowest BCUT2D eigenvalue weighted by molar-refractivity contribution is 0.801. The molecule has 0 atom stereocenters. The zero-order valence-corrected chi connectivity index (χ0v) is 7.77. The lowest BCUT2D eigenvalue weighted by atomic mass is 10.1. The van der Waals surface area contributed by atoms with Gasteiger partial charge in [0, 0.05) is 18.9 Å². The average molecular weight is 171 g/mol. The van der Waals surface area contributed by atoms with Gasteiger partial charge in [0.2, 0.25) is 0 Å². The van der Waals surface area contributed by atoms with E-state index < -0.39 is 0 Å². The molecule has 0 N–H and O–H groups in total. The van der Waals surface area contributed by atoms with Crippen molar-refractivity contribution < 1.29 is 0 Å². The molecule has 1 heteroatoms. The molecule has 1 aromatic heterocycles. The quantitative estimate of drug-likeness (QED) is 0.654. The second-order valence-corrected chi connectivity index (χ2v) is 3.28. The Balaban J connectivity index is 2.24. The van der Waals surface area contributed by atoms with Crippen LogP contribution in [0.4, 0.5) is 0 Å². The molecule has 66 valence electrons. The zero-order chi connectivity index (χ0) is 9.10. The minimum absolute atomic E-state index is 0.972. The molecule has 0 unspecified atom stereocenters. The summed E-state index contributed by atoms with van der Waals surface area (Å²) in [5.74, 6) is 0. The van der Waals surface area contributed by atoms with E-state index in [4.69, 9.17) is 0 Å². The SMILES string of the molecule is Cc1ccccc1Cn1cccc1. The highest BCUT2D eigenvalue weighted by Crippen LogP contribution is 2.08. The molecule has 0 aliphatic carbocycles. The van der Waals surface area contributed by atoms with E-state index in [2.05, 4.69) is 60.3 Å². The van der Waals surface area contributed by atoms with Crippen molar-refractivity contribution in [3.63, 3.8) is 0 Å². The Hall–Kier alpha value is -1.50. The minimum Gasteiger partial charge on any atom is -0.350 e. The van der Waals surface area contributed by atoms with Crippen molar-refractivity contribution in [1.29, 1.82) is 0 Å². The summed E-state index contributed by atoms with van der Waals surface area (Å²) in [4.78, 5) is 0. The highest BCUT2D eigenvalue weighted by Gasteiger charge is 1.96. The minimum atomic E-state index is 0.972. The molecule has 1 nitrogen and oxygen atoms in total. The van der Waals surface area contributed by atoms with Crippen molar-refractivity contribution in [2.45, 2.75) is 13.5 Å². The molecular formula is C12H13N. The number of nitrogens with zero attached hydrogens (tertiary/aromatic N) is 1. The van der Waals surface area contributed by atoms with E-state index in [-0.39, 0.29) is 0 Å². The Kier molecular flexibility index (Phi) is 2.17. The molecule has 0 aliphatic rings. The fraction of sp³-hybridized carbons (Fsp3) is 0.167. The smallest absolute Gasteiger partial charge is 0.0472 e. The van der Waals surface area contributed by atoms with Crippen LogP contribution in [-0.2, 0) is 6.54 Å². The topological polar surface area (TPSA) is 4.93 Å². The summed E-state index contributed by atoms with van der Waals surface area (Å²) in [7, 11) is 0. The van der Waals surface area contributed by atoms with Crippen molar-refractivity contribution in [2.24, 2.45) is 0 Å². The van der Waals surface area contributed by atoms with E-state index in [1.807, 2.05) is 0 Å². The Bertz CT molecular complexity index is 374. The van der Waals surface area contributed by atoms with E-state index in [9.17, 15) is 0 Å². The molecule has 0 radical (unpaired) electrons. The first-order chi connectivity index (χ1) is 6.36. The summed E-state index contributed by atoms with van der Waals surface area (Å²) in [6.07, 6.45) is 4.18. The molecule has 0 amide bonds. The highest BCUT2D eigenvalue weighted by atomic mass is 14.9. The van der Waals surface area contributed by atoms with Crippen molar-refractivity contribution in [3.05, 3.63) is 59.9 Å². The maximum Gasteiger partial charge on any atom is 0.0472 e. The van der Waals surface area contributed by atoms with Gasteiger partial charge in [-0.1, -0.05) is 24.3 Å². The Morgan fingerprint density at radius 2 is 1.69 bits per heavy atom. The van der Waals surface area contributed by atoms with Gasteiger partial charge in [-0.2, -0.15) is 0 Å². The molecule has 0 bridgehead atoms. The monoisotopic (exact) mass is 171 g/mol. The lowest BCUT2D eigenvalue weighted by Gasteiger charge is -2.05. The van der Waals surface area contributed by atoms with Gasteiger partial charge < -0.3 is 4.57 Å². The van der Waals surface area contributed by atoms with Crippen LogP contribution in [-0.4, -0.2) is 4.57 Å². The summed E-state index contributed by atoms with van der Waals surface area (Å²) in [5.41, 5.74) is 2.75. The van der Waals surface area contributed by atoms with Gasteiger partial charge in [0.1, 0.15) is 0 Å². The average Bonchev–Trinajstić information content (AvgIpc) is 2.61. The van der Waals surface area contributed by atoms with Gasteiger partial charge in [-0.15, -0.1) is 0 Å². The van der Waals surface area contributed by atoms with Crippen LogP contribution < -0.4 is 0 Å². The first-order valence-electron chi connectivity index (χ1n) is 4.51. The molecule has 2 rings (SSSR count). The normalized spacial score (nSPS) is 10.2. The Morgan fingerprint density at radius 1 is 1.00 bits per heavy atom. The molecule has 0 fully saturated rings. The number of aromatic nitrogens is 1. The molecular weight excluding hydrogens is 158 g/mol. The van der Waals surface area contributed by atoms with Crippen LogP contribution in [0, 0.1) is 6.92 Å². The molecule has 2 aromatic rings. The van der Waals surface area contributed by atoms with Gasteiger partial charge in [0.25, 0.3) is 0 Å². The summed E-state index contributed by atoms with van der Waals surface area (Å²) < 4.78 is 2.18.